The first kappa shape index (κ1) is 15.2. The molecule has 1 aromatic heterocycles. The van der Waals surface area contributed by atoms with Crippen molar-refractivity contribution in [3.05, 3.63) is 59.9 Å². The number of carbonyl (C=O) groups is 3. The first-order chi connectivity index (χ1) is 10.6. The van der Waals surface area contributed by atoms with Crippen molar-refractivity contribution in [2.45, 2.75) is 6.92 Å². The summed E-state index contributed by atoms with van der Waals surface area (Å²) in [4.78, 5) is 38.3. The van der Waals surface area contributed by atoms with Crippen LogP contribution in [0.1, 0.15) is 27.6 Å². The number of anilines is 1. The Kier molecular flexibility index (Phi) is 4.81. The quantitative estimate of drug-likeness (QED) is 0.739. The molecule has 0 aliphatic heterocycles. The summed E-state index contributed by atoms with van der Waals surface area (Å²) in [7, 11) is 0. The summed E-state index contributed by atoms with van der Waals surface area (Å²) in [5.74, 6) is -1.12. The Balaban J connectivity index is 1.92. The Morgan fingerprint density at radius 2 is 1.55 bits per heavy atom. The van der Waals surface area contributed by atoms with Gasteiger partial charge in [-0.2, -0.15) is 0 Å². The maximum Gasteiger partial charge on any atom is 0.271 e. The average Bonchev–Trinajstić information content (AvgIpc) is 2.53. The van der Waals surface area contributed by atoms with Crippen LogP contribution in [0.2, 0.25) is 0 Å². The van der Waals surface area contributed by atoms with Crippen LogP contribution in [0.25, 0.3) is 0 Å². The van der Waals surface area contributed by atoms with Gasteiger partial charge >= 0.3 is 0 Å². The van der Waals surface area contributed by atoms with Crippen LogP contribution in [0.4, 0.5) is 5.69 Å². The first-order valence-corrected chi connectivity index (χ1v) is 6.44. The molecule has 1 heterocycles. The number of pyridine rings is 1. The maximum absolute atomic E-state index is 11.9. The Morgan fingerprint density at radius 1 is 0.909 bits per heavy atom. The largest absolute Gasteiger partial charge is 0.326 e. The normalized spacial score (nSPS) is 9.68. The van der Waals surface area contributed by atoms with Gasteiger partial charge in [0.1, 0.15) is 0 Å². The zero-order valence-corrected chi connectivity index (χ0v) is 11.8. The van der Waals surface area contributed by atoms with E-state index in [0.717, 1.165) is 0 Å². The molecule has 0 fully saturated rings. The molecule has 0 bridgehead atoms. The Labute approximate surface area is 126 Å². The van der Waals surface area contributed by atoms with E-state index in [-0.39, 0.29) is 5.91 Å². The Hall–Kier alpha value is -3.22. The molecule has 0 radical (unpaired) electrons. The minimum absolute atomic E-state index is 0.194. The van der Waals surface area contributed by atoms with Gasteiger partial charge in [-0.25, -0.2) is 0 Å². The minimum Gasteiger partial charge on any atom is -0.326 e. The Morgan fingerprint density at radius 3 is 2.09 bits per heavy atom. The van der Waals surface area contributed by atoms with Gasteiger partial charge in [0, 0.05) is 30.6 Å². The molecule has 22 heavy (non-hydrogen) atoms. The van der Waals surface area contributed by atoms with Crippen LogP contribution >= 0.6 is 0 Å². The smallest absolute Gasteiger partial charge is 0.271 e. The molecule has 0 atom stereocenters. The van der Waals surface area contributed by atoms with E-state index in [4.69, 9.17) is 0 Å². The fourth-order valence-electron chi connectivity index (χ4n) is 1.66. The third kappa shape index (κ3) is 4.14. The third-order valence-electron chi connectivity index (χ3n) is 2.68. The van der Waals surface area contributed by atoms with E-state index in [2.05, 4.69) is 21.2 Å². The molecule has 0 aliphatic carbocycles. The molecule has 7 nitrogen and oxygen atoms in total. The molecule has 7 heteroatoms. The average molecular weight is 298 g/mol. The second kappa shape index (κ2) is 6.98. The van der Waals surface area contributed by atoms with E-state index < -0.39 is 11.8 Å². The summed E-state index contributed by atoms with van der Waals surface area (Å²) in [6.45, 7) is 1.40. The van der Waals surface area contributed by atoms with Crippen molar-refractivity contribution in [2.75, 3.05) is 5.32 Å². The third-order valence-corrected chi connectivity index (χ3v) is 2.68. The van der Waals surface area contributed by atoms with Gasteiger partial charge < -0.3 is 5.32 Å². The molecular formula is C15H14N4O3. The summed E-state index contributed by atoms with van der Waals surface area (Å²) in [5.41, 5.74) is 5.87. The molecule has 2 aromatic rings. The second-order valence-electron chi connectivity index (χ2n) is 4.41. The van der Waals surface area contributed by atoms with E-state index in [9.17, 15) is 14.4 Å². The lowest BCUT2D eigenvalue weighted by Crippen LogP contribution is -2.41. The lowest BCUT2D eigenvalue weighted by molar-refractivity contribution is -0.114. The number of amides is 3. The van der Waals surface area contributed by atoms with Gasteiger partial charge in [0.25, 0.3) is 11.8 Å². The lowest BCUT2D eigenvalue weighted by Gasteiger charge is -2.08. The van der Waals surface area contributed by atoms with Crippen molar-refractivity contribution >= 4 is 23.4 Å². The van der Waals surface area contributed by atoms with Crippen molar-refractivity contribution in [2.24, 2.45) is 0 Å². The molecule has 2 rings (SSSR count). The number of hydrazine groups is 1. The van der Waals surface area contributed by atoms with E-state index in [0.29, 0.717) is 16.8 Å². The molecule has 3 N–H and O–H groups in total. The van der Waals surface area contributed by atoms with Crippen molar-refractivity contribution in [3.8, 4) is 0 Å². The van der Waals surface area contributed by atoms with Crippen LogP contribution in [0.15, 0.2) is 48.8 Å². The summed E-state index contributed by atoms with van der Waals surface area (Å²) in [6, 6.07) is 9.47. The van der Waals surface area contributed by atoms with E-state index in [1.54, 1.807) is 30.5 Å². The highest BCUT2D eigenvalue weighted by molar-refractivity contribution is 5.99. The zero-order valence-electron chi connectivity index (χ0n) is 11.8. The molecule has 112 valence electrons. The van der Waals surface area contributed by atoms with E-state index in [1.165, 1.54) is 25.3 Å². The number of hydrogen-bond acceptors (Lipinski definition) is 4. The van der Waals surface area contributed by atoms with Crippen molar-refractivity contribution in [3.63, 3.8) is 0 Å². The monoisotopic (exact) mass is 298 g/mol. The van der Waals surface area contributed by atoms with Crippen LogP contribution in [0.5, 0.6) is 0 Å². The van der Waals surface area contributed by atoms with Crippen molar-refractivity contribution in [1.29, 1.82) is 0 Å². The number of nitrogens with zero attached hydrogens (tertiary/aromatic N) is 1. The molecule has 0 saturated heterocycles. The van der Waals surface area contributed by atoms with Gasteiger partial charge in [-0.3, -0.25) is 30.2 Å². The van der Waals surface area contributed by atoms with Crippen LogP contribution in [0, 0.1) is 0 Å². The molecule has 0 unspecified atom stereocenters. The van der Waals surface area contributed by atoms with Crippen molar-refractivity contribution < 1.29 is 14.4 Å². The summed E-state index contributed by atoms with van der Waals surface area (Å²) >= 11 is 0. The fraction of sp³-hybridized carbons (Fsp3) is 0.0667. The van der Waals surface area contributed by atoms with Gasteiger partial charge in [-0.1, -0.05) is 0 Å². The van der Waals surface area contributed by atoms with Crippen LogP contribution in [-0.4, -0.2) is 22.7 Å². The number of carbonyl (C=O) groups excluding carboxylic acids is 3. The van der Waals surface area contributed by atoms with Gasteiger partial charge in [0.2, 0.25) is 5.91 Å². The highest BCUT2D eigenvalue weighted by Crippen LogP contribution is 2.09. The van der Waals surface area contributed by atoms with Gasteiger partial charge in [-0.05, 0) is 36.4 Å². The topological polar surface area (TPSA) is 100 Å². The van der Waals surface area contributed by atoms with Gasteiger partial charge in [0.15, 0.2) is 0 Å². The van der Waals surface area contributed by atoms with Gasteiger partial charge in [0.05, 0.1) is 5.56 Å². The minimum atomic E-state index is -0.466. The molecule has 0 saturated carbocycles. The van der Waals surface area contributed by atoms with Crippen LogP contribution in [0.3, 0.4) is 0 Å². The molecule has 1 aromatic carbocycles. The second-order valence-corrected chi connectivity index (χ2v) is 4.41. The number of nitrogens with one attached hydrogen (secondary N) is 3. The number of aromatic nitrogens is 1. The number of rotatable bonds is 3. The first-order valence-electron chi connectivity index (χ1n) is 6.44. The van der Waals surface area contributed by atoms with Crippen LogP contribution < -0.4 is 16.2 Å². The standard InChI is InChI=1S/C15H14N4O3/c1-10(20)17-13-6-4-11(5-7-13)14(21)18-19-15(22)12-3-2-8-16-9-12/h2-9H,1H3,(H,17,20)(H,18,21)(H,19,22). The van der Waals surface area contributed by atoms with Crippen molar-refractivity contribution in [1.82, 2.24) is 15.8 Å². The highest BCUT2D eigenvalue weighted by atomic mass is 16.2. The SMILES string of the molecule is CC(=O)Nc1ccc(C(=O)NNC(=O)c2cccnc2)cc1. The number of benzene rings is 1. The van der Waals surface area contributed by atoms with E-state index >= 15 is 0 Å². The molecule has 0 spiro atoms. The maximum atomic E-state index is 11.9. The Bertz CT molecular complexity index is 684. The van der Waals surface area contributed by atoms with Crippen LogP contribution in [-0.2, 0) is 4.79 Å². The number of hydrogen-bond donors (Lipinski definition) is 3. The molecule has 3 amide bonds. The molecule has 0 aliphatic rings. The predicted octanol–water partition coefficient (Wildman–Crippen LogP) is 1.11. The lowest BCUT2D eigenvalue weighted by atomic mass is 10.2. The highest BCUT2D eigenvalue weighted by Gasteiger charge is 2.09. The van der Waals surface area contributed by atoms with E-state index in [1.807, 2.05) is 0 Å². The van der Waals surface area contributed by atoms with Gasteiger partial charge in [-0.15, -0.1) is 0 Å². The summed E-state index contributed by atoms with van der Waals surface area (Å²) < 4.78 is 0. The zero-order chi connectivity index (χ0) is 15.9. The molecular weight excluding hydrogens is 284 g/mol. The fourth-order valence-corrected chi connectivity index (χ4v) is 1.66. The summed E-state index contributed by atoms with van der Waals surface area (Å²) in [6.07, 6.45) is 2.94. The summed E-state index contributed by atoms with van der Waals surface area (Å²) in [5, 5.41) is 2.60. The predicted molar refractivity (Wildman–Crippen MR) is 79.9 cm³/mol.